The van der Waals surface area contributed by atoms with E-state index in [1.165, 1.54) is 77.3 Å². The average molecular weight is 312 g/mol. The third kappa shape index (κ3) is 8.76. The Hall–Kier alpha value is -0.580. The van der Waals surface area contributed by atoms with Crippen LogP contribution in [0.1, 0.15) is 64.2 Å². The first kappa shape index (κ1) is 19.5. The van der Waals surface area contributed by atoms with Gasteiger partial charge in [-0.05, 0) is 45.2 Å². The zero-order valence-electron chi connectivity index (χ0n) is 14.8. The molecule has 0 spiro atoms. The second kappa shape index (κ2) is 11.9. The van der Waals surface area contributed by atoms with Crippen LogP contribution >= 0.6 is 0 Å². The van der Waals surface area contributed by atoms with E-state index in [4.69, 9.17) is 11.5 Å². The van der Waals surface area contributed by atoms with E-state index < -0.39 is 0 Å². The summed E-state index contributed by atoms with van der Waals surface area (Å²) in [4.78, 5) is 2.50. The molecule has 4 heteroatoms. The maximum atomic E-state index is 5.53. The molecule has 0 aromatic carbocycles. The van der Waals surface area contributed by atoms with Gasteiger partial charge in [-0.3, -0.25) is 4.48 Å². The molecule has 0 saturated heterocycles. The van der Waals surface area contributed by atoms with Crippen LogP contribution in [0.5, 0.6) is 0 Å². The van der Waals surface area contributed by atoms with Crippen molar-refractivity contribution in [2.45, 2.75) is 64.2 Å². The van der Waals surface area contributed by atoms with Crippen molar-refractivity contribution in [2.75, 3.05) is 39.9 Å². The van der Waals surface area contributed by atoms with Gasteiger partial charge >= 0.3 is 0 Å². The van der Waals surface area contributed by atoms with Crippen molar-refractivity contribution in [1.82, 2.24) is 4.90 Å². The largest absolute Gasteiger partial charge is 0.330 e. The first-order valence-corrected chi connectivity index (χ1v) is 9.38. The molecule has 0 aromatic rings. The molecule has 0 amide bonds. The summed E-state index contributed by atoms with van der Waals surface area (Å²) in [7, 11) is 2.36. The number of quaternary nitrogens is 1. The Bertz CT molecular complexity index is 293. The van der Waals surface area contributed by atoms with Gasteiger partial charge in [0.15, 0.2) is 6.67 Å². The lowest BCUT2D eigenvalue weighted by Gasteiger charge is -2.28. The standard InChI is InChI=1S/C18H39N4/c1-22(16-11-7-3-5-9-13-20)17-15-21(18-22)14-10-6-2-4-8-12-19/h15,17H,2-14,16,18-20H2,1H3/q+1. The minimum Gasteiger partial charge on any atom is -0.330 e. The highest BCUT2D eigenvalue weighted by Crippen LogP contribution is 2.18. The van der Waals surface area contributed by atoms with Crippen LogP contribution in [0.25, 0.3) is 0 Å². The molecule has 1 aliphatic rings. The van der Waals surface area contributed by atoms with E-state index in [2.05, 4.69) is 24.3 Å². The van der Waals surface area contributed by atoms with Crippen LogP contribution in [0.2, 0.25) is 0 Å². The normalized spacial score (nSPS) is 21.0. The maximum absolute atomic E-state index is 5.53. The van der Waals surface area contributed by atoms with Crippen molar-refractivity contribution < 1.29 is 4.48 Å². The number of hydrogen-bond acceptors (Lipinski definition) is 3. The minimum absolute atomic E-state index is 0.844. The summed E-state index contributed by atoms with van der Waals surface area (Å²) in [5.74, 6) is 0. The van der Waals surface area contributed by atoms with E-state index >= 15 is 0 Å². The van der Waals surface area contributed by atoms with E-state index in [1.54, 1.807) is 0 Å². The SMILES string of the molecule is C[N+]1(CCCCCCCN)C=CN(CCCCCCCN)C1. The highest BCUT2D eigenvalue weighted by Gasteiger charge is 2.26. The van der Waals surface area contributed by atoms with Gasteiger partial charge in [-0.25, -0.2) is 0 Å². The van der Waals surface area contributed by atoms with E-state index in [-0.39, 0.29) is 0 Å². The Kier molecular flexibility index (Phi) is 10.5. The third-order valence-corrected chi connectivity index (χ3v) is 4.66. The predicted octanol–water partition coefficient (Wildman–Crippen LogP) is 3.00. The smallest absolute Gasteiger partial charge is 0.158 e. The molecule has 1 unspecified atom stereocenters. The van der Waals surface area contributed by atoms with Gasteiger partial charge < -0.3 is 16.4 Å². The minimum atomic E-state index is 0.844. The topological polar surface area (TPSA) is 55.3 Å². The van der Waals surface area contributed by atoms with Crippen LogP contribution < -0.4 is 11.5 Å². The quantitative estimate of drug-likeness (QED) is 0.383. The summed E-state index contributed by atoms with van der Waals surface area (Å²) in [5, 5.41) is 0. The average Bonchev–Trinajstić information content (AvgIpc) is 2.88. The molecule has 0 radical (unpaired) electrons. The van der Waals surface area contributed by atoms with Gasteiger partial charge in [-0.1, -0.05) is 32.1 Å². The first-order valence-electron chi connectivity index (χ1n) is 9.38. The van der Waals surface area contributed by atoms with E-state index in [0.29, 0.717) is 0 Å². The fourth-order valence-corrected chi connectivity index (χ4v) is 3.19. The summed E-state index contributed by atoms with van der Waals surface area (Å²) in [6.45, 7) is 5.33. The zero-order valence-corrected chi connectivity index (χ0v) is 14.8. The van der Waals surface area contributed by atoms with Crippen molar-refractivity contribution >= 4 is 0 Å². The van der Waals surface area contributed by atoms with Gasteiger partial charge in [-0.15, -0.1) is 0 Å². The summed E-state index contributed by atoms with van der Waals surface area (Å²) in [5.41, 5.74) is 11.1. The molecule has 130 valence electrons. The molecule has 1 aliphatic heterocycles. The first-order chi connectivity index (χ1) is 10.7. The molecule has 1 heterocycles. The summed E-state index contributed by atoms with van der Waals surface area (Å²) in [6, 6.07) is 0. The van der Waals surface area contributed by atoms with Gasteiger partial charge in [0.1, 0.15) is 6.20 Å². The second-order valence-corrected chi connectivity index (χ2v) is 7.07. The molecule has 0 saturated carbocycles. The molecule has 22 heavy (non-hydrogen) atoms. The predicted molar refractivity (Wildman–Crippen MR) is 96.0 cm³/mol. The van der Waals surface area contributed by atoms with Gasteiger partial charge in [0, 0.05) is 6.54 Å². The Balaban J connectivity index is 2.02. The highest BCUT2D eigenvalue weighted by molar-refractivity contribution is 4.81. The van der Waals surface area contributed by atoms with Crippen molar-refractivity contribution in [3.8, 4) is 0 Å². The Labute approximate surface area is 138 Å². The van der Waals surface area contributed by atoms with Crippen LogP contribution in [0.4, 0.5) is 0 Å². The highest BCUT2D eigenvalue weighted by atomic mass is 15.5. The van der Waals surface area contributed by atoms with Crippen molar-refractivity contribution in [1.29, 1.82) is 0 Å². The lowest BCUT2D eigenvalue weighted by Crippen LogP contribution is -2.41. The number of rotatable bonds is 14. The number of nitrogens with zero attached hydrogens (tertiary/aromatic N) is 2. The lowest BCUT2D eigenvalue weighted by atomic mass is 10.1. The van der Waals surface area contributed by atoms with Crippen molar-refractivity contribution in [3.05, 3.63) is 12.4 Å². The zero-order chi connectivity index (χ0) is 16.1. The third-order valence-electron chi connectivity index (χ3n) is 4.66. The molecule has 1 atom stereocenters. The Morgan fingerprint density at radius 2 is 1.36 bits per heavy atom. The maximum Gasteiger partial charge on any atom is 0.158 e. The molecule has 0 aromatic heterocycles. The fourth-order valence-electron chi connectivity index (χ4n) is 3.19. The monoisotopic (exact) mass is 311 g/mol. The summed E-state index contributed by atoms with van der Waals surface area (Å²) >= 11 is 0. The van der Waals surface area contributed by atoms with E-state index in [0.717, 1.165) is 24.2 Å². The molecular formula is C18H39N4+. The van der Waals surface area contributed by atoms with E-state index in [1.807, 2.05) is 0 Å². The summed E-state index contributed by atoms with van der Waals surface area (Å²) in [6.07, 6.45) is 17.7. The number of hydrogen-bond donors (Lipinski definition) is 2. The fraction of sp³-hybridized carbons (Fsp3) is 0.889. The second-order valence-electron chi connectivity index (χ2n) is 7.07. The molecule has 0 aliphatic carbocycles. The number of unbranched alkanes of at least 4 members (excludes halogenated alkanes) is 8. The van der Waals surface area contributed by atoms with Gasteiger partial charge in [0.05, 0.1) is 19.8 Å². The van der Waals surface area contributed by atoms with Crippen LogP contribution in [0.3, 0.4) is 0 Å². The van der Waals surface area contributed by atoms with Gasteiger partial charge in [-0.2, -0.15) is 0 Å². The summed E-state index contributed by atoms with van der Waals surface area (Å²) < 4.78 is 1.09. The Morgan fingerprint density at radius 3 is 2.00 bits per heavy atom. The van der Waals surface area contributed by atoms with Crippen LogP contribution in [0.15, 0.2) is 12.4 Å². The van der Waals surface area contributed by atoms with Crippen molar-refractivity contribution in [2.24, 2.45) is 11.5 Å². The van der Waals surface area contributed by atoms with Crippen LogP contribution in [-0.2, 0) is 0 Å². The van der Waals surface area contributed by atoms with Crippen molar-refractivity contribution in [3.63, 3.8) is 0 Å². The van der Waals surface area contributed by atoms with Gasteiger partial charge in [0.25, 0.3) is 0 Å². The molecule has 0 fully saturated rings. The number of nitrogens with two attached hydrogens (primary N) is 2. The van der Waals surface area contributed by atoms with Crippen LogP contribution in [-0.4, -0.2) is 49.3 Å². The molecular weight excluding hydrogens is 272 g/mol. The Morgan fingerprint density at radius 1 is 0.818 bits per heavy atom. The van der Waals surface area contributed by atoms with Crippen LogP contribution in [0, 0.1) is 0 Å². The molecule has 4 N–H and O–H groups in total. The molecule has 1 rings (SSSR count). The lowest BCUT2D eigenvalue weighted by molar-refractivity contribution is -0.861. The van der Waals surface area contributed by atoms with Gasteiger partial charge in [0.2, 0.25) is 0 Å². The van der Waals surface area contributed by atoms with E-state index in [9.17, 15) is 0 Å². The molecule has 4 nitrogen and oxygen atoms in total. The molecule has 0 bridgehead atoms.